The van der Waals surface area contributed by atoms with Crippen LogP contribution in [-0.2, 0) is 16.1 Å². The molecule has 1 aromatic heterocycles. The maximum atomic E-state index is 14.3. The van der Waals surface area contributed by atoms with Crippen LogP contribution in [0.3, 0.4) is 0 Å². The molecule has 1 atom stereocenters. The highest BCUT2D eigenvalue weighted by Gasteiger charge is 2.32. The smallest absolute Gasteiger partial charge is 0.338 e. The number of allylic oxidation sites excluding steroid dienone is 1. The molecule has 50 heavy (non-hydrogen) atoms. The highest BCUT2D eigenvalue weighted by Crippen LogP contribution is 2.32. The number of fused-ring (bicyclic) bond motifs is 1. The van der Waals surface area contributed by atoms with E-state index < -0.39 is 6.04 Å². The molecule has 4 aromatic carbocycles. The minimum Gasteiger partial charge on any atom is -0.494 e. The van der Waals surface area contributed by atoms with Crippen LogP contribution in [0.5, 0.6) is 11.5 Å². The summed E-state index contributed by atoms with van der Waals surface area (Å²) >= 11 is 7.63. The summed E-state index contributed by atoms with van der Waals surface area (Å²) < 4.78 is 18.9. The van der Waals surface area contributed by atoms with Crippen LogP contribution >= 0.6 is 22.9 Å². The van der Waals surface area contributed by atoms with Crippen molar-refractivity contribution in [2.75, 3.05) is 18.5 Å². The number of anilines is 1. The molecule has 0 bridgehead atoms. The number of para-hydroxylation sites is 1. The number of nitrogens with zero attached hydrogens (tertiary/aromatic N) is 2. The normalized spacial score (nSPS) is 14.1. The third kappa shape index (κ3) is 7.56. The number of nitrogens with one attached hydrogen (secondary N) is 1. The largest absolute Gasteiger partial charge is 0.494 e. The lowest BCUT2D eigenvalue weighted by Gasteiger charge is -2.25. The summed E-state index contributed by atoms with van der Waals surface area (Å²) in [6.45, 7) is 6.47. The quantitative estimate of drug-likeness (QED) is 0.154. The van der Waals surface area contributed by atoms with Gasteiger partial charge in [0.05, 0.1) is 40.6 Å². The molecular formula is C39H34ClN3O6S. The molecule has 11 heteroatoms. The van der Waals surface area contributed by atoms with Gasteiger partial charge in [0.25, 0.3) is 11.5 Å². The molecule has 9 nitrogen and oxygen atoms in total. The van der Waals surface area contributed by atoms with E-state index in [0.717, 1.165) is 11.1 Å². The first-order valence-corrected chi connectivity index (χ1v) is 17.2. The summed E-state index contributed by atoms with van der Waals surface area (Å²) in [5.74, 6) is 0.455. The van der Waals surface area contributed by atoms with E-state index in [1.54, 1.807) is 79.1 Å². The van der Waals surface area contributed by atoms with Gasteiger partial charge in [-0.1, -0.05) is 65.4 Å². The third-order valence-corrected chi connectivity index (χ3v) is 9.14. The number of esters is 1. The van der Waals surface area contributed by atoms with Crippen molar-refractivity contribution in [2.45, 2.75) is 33.4 Å². The first-order chi connectivity index (χ1) is 24.2. The molecule has 6 rings (SSSR count). The Hall–Kier alpha value is -5.45. The van der Waals surface area contributed by atoms with Crippen molar-refractivity contribution in [1.82, 2.24) is 4.57 Å². The predicted octanol–water partition coefficient (Wildman–Crippen LogP) is 6.68. The van der Waals surface area contributed by atoms with Crippen LogP contribution < -0.4 is 29.7 Å². The van der Waals surface area contributed by atoms with Crippen LogP contribution in [-0.4, -0.2) is 29.7 Å². The van der Waals surface area contributed by atoms with E-state index in [1.165, 1.54) is 11.3 Å². The van der Waals surface area contributed by atoms with Gasteiger partial charge < -0.3 is 19.5 Å². The van der Waals surface area contributed by atoms with E-state index in [0.29, 0.717) is 67.2 Å². The molecular weight excluding hydrogens is 674 g/mol. The van der Waals surface area contributed by atoms with Crippen LogP contribution in [0.2, 0.25) is 5.02 Å². The number of halogens is 1. The summed E-state index contributed by atoms with van der Waals surface area (Å²) in [5.41, 5.74) is 3.80. The number of benzene rings is 4. The summed E-state index contributed by atoms with van der Waals surface area (Å²) in [4.78, 5) is 45.4. The Morgan fingerprint density at radius 3 is 2.38 bits per heavy atom. The Morgan fingerprint density at radius 2 is 1.68 bits per heavy atom. The van der Waals surface area contributed by atoms with Crippen molar-refractivity contribution in [3.05, 3.63) is 155 Å². The molecule has 0 aliphatic carbocycles. The lowest BCUT2D eigenvalue weighted by atomic mass is 9.95. The van der Waals surface area contributed by atoms with Crippen LogP contribution in [0, 0.1) is 0 Å². The minimum atomic E-state index is -0.750. The van der Waals surface area contributed by atoms with Crippen molar-refractivity contribution in [1.29, 1.82) is 0 Å². The molecule has 0 fully saturated rings. The highest BCUT2D eigenvalue weighted by molar-refractivity contribution is 7.07. The number of amides is 1. The fourth-order valence-corrected chi connectivity index (χ4v) is 6.80. The predicted molar refractivity (Wildman–Crippen MR) is 195 cm³/mol. The fourth-order valence-electron chi connectivity index (χ4n) is 5.58. The first kappa shape index (κ1) is 34.4. The maximum Gasteiger partial charge on any atom is 0.338 e. The second-order valence-corrected chi connectivity index (χ2v) is 12.7. The zero-order valence-electron chi connectivity index (χ0n) is 27.6. The molecule has 1 N–H and O–H groups in total. The third-order valence-electron chi connectivity index (χ3n) is 7.92. The van der Waals surface area contributed by atoms with Crippen LogP contribution in [0.1, 0.15) is 53.9 Å². The van der Waals surface area contributed by atoms with Gasteiger partial charge in [0, 0.05) is 16.3 Å². The van der Waals surface area contributed by atoms with Gasteiger partial charge in [-0.2, -0.15) is 0 Å². The SMILES string of the molecule is CCOC(=O)c1ccc(COc2ccc(Cl)cc2/C=c2\sc3n(c2=O)[C@H](c2ccc(OCC)cc2)C(C(=O)Nc2ccccc2)=C(C)N=3)cc1. The van der Waals surface area contributed by atoms with Crippen molar-refractivity contribution in [3.8, 4) is 11.5 Å². The number of thiazole rings is 1. The summed E-state index contributed by atoms with van der Waals surface area (Å²) in [5, 5.41) is 3.44. The highest BCUT2D eigenvalue weighted by atomic mass is 35.5. The van der Waals surface area contributed by atoms with Crippen LogP contribution in [0.15, 0.2) is 118 Å². The Balaban J connectivity index is 1.37. The molecule has 1 aliphatic heterocycles. The Bertz CT molecular complexity index is 2240. The molecule has 0 spiro atoms. The van der Waals surface area contributed by atoms with Gasteiger partial charge in [-0.05, 0) is 92.6 Å². The van der Waals surface area contributed by atoms with Gasteiger partial charge in [0.1, 0.15) is 18.1 Å². The van der Waals surface area contributed by atoms with Crippen molar-refractivity contribution in [3.63, 3.8) is 0 Å². The van der Waals surface area contributed by atoms with E-state index in [4.69, 9.17) is 30.8 Å². The Labute approximate surface area is 297 Å². The standard InChI is InChI=1S/C39H34ClN3O6S/c1-4-47-31-18-15-26(16-19-31)35-34(36(44)42-30-9-7-6-8-10-30)24(3)41-39-43(35)37(45)33(50-39)22-28-21-29(40)17-20-32(28)49-23-25-11-13-27(14-12-25)38(46)48-5-2/h6-22,35H,4-5,23H2,1-3H3,(H,42,44)/b33-22-/t35-/m1/s1. The van der Waals surface area contributed by atoms with Crippen molar-refractivity contribution in [2.24, 2.45) is 4.99 Å². The Morgan fingerprint density at radius 1 is 0.940 bits per heavy atom. The van der Waals surface area contributed by atoms with Gasteiger partial charge in [-0.25, -0.2) is 9.79 Å². The van der Waals surface area contributed by atoms with E-state index in [-0.39, 0.29) is 24.0 Å². The van der Waals surface area contributed by atoms with Gasteiger partial charge in [-0.15, -0.1) is 0 Å². The topological polar surface area (TPSA) is 108 Å². The fraction of sp³-hybridized carbons (Fsp3) is 0.179. The summed E-state index contributed by atoms with van der Waals surface area (Å²) in [7, 11) is 0. The second-order valence-electron chi connectivity index (χ2n) is 11.3. The lowest BCUT2D eigenvalue weighted by Crippen LogP contribution is -2.40. The Kier molecular flexibility index (Phi) is 10.6. The molecule has 254 valence electrons. The number of carbonyl (C=O) groups is 2. The molecule has 0 unspecified atom stereocenters. The molecule has 2 heterocycles. The first-order valence-electron chi connectivity index (χ1n) is 16.1. The molecule has 0 saturated heterocycles. The van der Waals surface area contributed by atoms with Gasteiger partial charge in [0.2, 0.25) is 0 Å². The van der Waals surface area contributed by atoms with Crippen molar-refractivity contribution >= 4 is 46.6 Å². The molecule has 0 saturated carbocycles. The molecule has 0 radical (unpaired) electrons. The average molecular weight is 708 g/mol. The zero-order chi connectivity index (χ0) is 35.2. The van der Waals surface area contributed by atoms with E-state index in [9.17, 15) is 14.4 Å². The number of aromatic nitrogens is 1. The summed E-state index contributed by atoms with van der Waals surface area (Å²) in [6, 6.07) is 28.0. The summed E-state index contributed by atoms with van der Waals surface area (Å²) in [6.07, 6.45) is 1.73. The van der Waals surface area contributed by atoms with Gasteiger partial charge in [-0.3, -0.25) is 14.2 Å². The number of carbonyl (C=O) groups excluding carboxylic acids is 2. The van der Waals surface area contributed by atoms with Crippen molar-refractivity contribution < 1.29 is 23.8 Å². The lowest BCUT2D eigenvalue weighted by molar-refractivity contribution is -0.113. The number of hydrogen-bond donors (Lipinski definition) is 1. The van der Waals surface area contributed by atoms with Crippen LogP contribution in [0.4, 0.5) is 5.69 Å². The monoisotopic (exact) mass is 707 g/mol. The molecule has 5 aromatic rings. The van der Waals surface area contributed by atoms with E-state index in [1.807, 2.05) is 49.4 Å². The zero-order valence-corrected chi connectivity index (χ0v) is 29.2. The average Bonchev–Trinajstić information content (AvgIpc) is 3.42. The maximum absolute atomic E-state index is 14.3. The van der Waals surface area contributed by atoms with Crippen LogP contribution in [0.25, 0.3) is 6.08 Å². The molecule has 1 aliphatic rings. The molecule has 1 amide bonds. The number of hydrogen-bond acceptors (Lipinski definition) is 8. The number of rotatable bonds is 11. The number of ether oxygens (including phenoxy) is 3. The second kappa shape index (κ2) is 15.4. The van der Waals surface area contributed by atoms with E-state index in [2.05, 4.69) is 5.32 Å². The van der Waals surface area contributed by atoms with E-state index >= 15 is 0 Å². The minimum absolute atomic E-state index is 0.212. The van der Waals surface area contributed by atoms with Gasteiger partial charge >= 0.3 is 5.97 Å². The van der Waals surface area contributed by atoms with Gasteiger partial charge in [0.15, 0.2) is 4.80 Å².